The van der Waals surface area contributed by atoms with Crippen LogP contribution in [-0.4, -0.2) is 37.6 Å². The molecular formula is C19H38O8P2. The number of phosphoric ester groups is 2. The van der Waals surface area contributed by atoms with Crippen molar-refractivity contribution in [1.82, 2.24) is 0 Å². The normalized spacial score (nSPS) is 36.3. The molecule has 0 amide bonds. The first kappa shape index (κ1) is 25.5. The maximum atomic E-state index is 12.6. The summed E-state index contributed by atoms with van der Waals surface area (Å²) >= 11 is 0. The summed E-state index contributed by atoms with van der Waals surface area (Å²) in [5, 5.41) is 0. The maximum absolute atomic E-state index is 12.6. The topological polar surface area (TPSA) is 89.5 Å². The Labute approximate surface area is 175 Å². The van der Waals surface area contributed by atoms with Gasteiger partial charge in [-0.2, -0.15) is 0 Å². The molecule has 2 aliphatic heterocycles. The average Bonchev–Trinajstić information content (AvgIpc) is 3.10. The molecular weight excluding hydrogens is 418 g/mol. The summed E-state index contributed by atoms with van der Waals surface area (Å²) in [7, 11) is -6.91. The Kier molecular flexibility index (Phi) is 9.40. The van der Waals surface area contributed by atoms with Crippen LogP contribution in [0.25, 0.3) is 0 Å². The van der Waals surface area contributed by atoms with Gasteiger partial charge in [0, 0.05) is 0 Å². The highest BCUT2D eigenvalue weighted by Gasteiger charge is 2.45. The van der Waals surface area contributed by atoms with Crippen LogP contribution in [0.15, 0.2) is 0 Å². The van der Waals surface area contributed by atoms with Gasteiger partial charge in [-0.05, 0) is 51.9 Å². The van der Waals surface area contributed by atoms with Crippen molar-refractivity contribution in [2.24, 2.45) is 11.8 Å². The third-order valence-electron chi connectivity index (χ3n) is 5.44. The van der Waals surface area contributed by atoms with Gasteiger partial charge in [-0.15, -0.1) is 0 Å². The molecule has 172 valence electrons. The van der Waals surface area contributed by atoms with Crippen molar-refractivity contribution in [2.45, 2.75) is 91.5 Å². The molecule has 0 bridgehead atoms. The summed E-state index contributed by atoms with van der Waals surface area (Å²) in [6, 6.07) is 0. The molecule has 10 heteroatoms. The summed E-state index contributed by atoms with van der Waals surface area (Å²) in [4.78, 5) is 0. The Morgan fingerprint density at radius 3 is 2.38 bits per heavy atom. The highest BCUT2D eigenvalue weighted by Crippen LogP contribution is 2.59. The molecule has 0 saturated carbocycles. The monoisotopic (exact) mass is 456 g/mol. The van der Waals surface area contributed by atoms with Gasteiger partial charge in [0.25, 0.3) is 0 Å². The predicted octanol–water partition coefficient (Wildman–Crippen LogP) is 6.11. The minimum absolute atomic E-state index is 0.256. The Bertz CT molecular complexity index is 611. The molecule has 0 radical (unpaired) electrons. The van der Waals surface area contributed by atoms with Crippen LogP contribution in [0.3, 0.4) is 0 Å². The zero-order valence-electron chi connectivity index (χ0n) is 18.6. The molecule has 2 saturated heterocycles. The lowest BCUT2D eigenvalue weighted by Gasteiger charge is -2.19. The van der Waals surface area contributed by atoms with E-state index in [1.165, 1.54) is 0 Å². The second-order valence-electron chi connectivity index (χ2n) is 8.76. The van der Waals surface area contributed by atoms with Crippen molar-refractivity contribution in [3.63, 3.8) is 0 Å². The SMILES string of the molecule is CCC(C)COP1(=O)OC(C)C(CCC(CC)CCOP2(=O)OCC(C)(C)O2)O1. The second kappa shape index (κ2) is 10.7. The maximum Gasteiger partial charge on any atom is 0.475 e. The smallest absolute Gasteiger partial charge is 0.287 e. The van der Waals surface area contributed by atoms with Crippen molar-refractivity contribution in [3.05, 3.63) is 0 Å². The van der Waals surface area contributed by atoms with Crippen LogP contribution in [0.5, 0.6) is 0 Å². The Morgan fingerprint density at radius 2 is 1.79 bits per heavy atom. The van der Waals surface area contributed by atoms with Crippen LogP contribution in [0.4, 0.5) is 0 Å². The van der Waals surface area contributed by atoms with E-state index in [0.717, 1.165) is 25.7 Å². The fraction of sp³-hybridized carbons (Fsp3) is 1.00. The van der Waals surface area contributed by atoms with Crippen LogP contribution < -0.4 is 0 Å². The fourth-order valence-corrected chi connectivity index (χ4v) is 6.57. The quantitative estimate of drug-likeness (QED) is 0.325. The Balaban J connectivity index is 1.73. The second-order valence-corrected chi connectivity index (χ2v) is 11.9. The van der Waals surface area contributed by atoms with Crippen LogP contribution in [0.2, 0.25) is 0 Å². The molecule has 2 fully saturated rings. The van der Waals surface area contributed by atoms with Gasteiger partial charge in [-0.3, -0.25) is 27.1 Å². The van der Waals surface area contributed by atoms with E-state index >= 15 is 0 Å². The molecule has 29 heavy (non-hydrogen) atoms. The van der Waals surface area contributed by atoms with E-state index in [4.69, 9.17) is 27.1 Å². The molecule has 0 aromatic rings. The van der Waals surface area contributed by atoms with Crippen LogP contribution in [-0.2, 0) is 36.3 Å². The standard InChI is InChI=1S/C19H38O8P2/c1-7-15(3)13-23-29(21)25-16(4)18(26-29)10-9-17(8-2)11-12-22-28(20)24-14-19(5,6)27-28/h15-18H,7-14H2,1-6H3. The highest BCUT2D eigenvalue weighted by atomic mass is 31.2. The van der Waals surface area contributed by atoms with Crippen LogP contribution >= 0.6 is 15.6 Å². The van der Waals surface area contributed by atoms with Crippen molar-refractivity contribution in [2.75, 3.05) is 19.8 Å². The van der Waals surface area contributed by atoms with Gasteiger partial charge in [-0.1, -0.05) is 33.6 Å². The minimum Gasteiger partial charge on any atom is -0.287 e. The molecule has 2 rings (SSSR count). The fourth-order valence-electron chi connectivity index (χ4n) is 3.17. The van der Waals surface area contributed by atoms with E-state index < -0.39 is 21.2 Å². The van der Waals surface area contributed by atoms with E-state index in [9.17, 15) is 9.13 Å². The summed E-state index contributed by atoms with van der Waals surface area (Å²) in [5.41, 5.74) is -0.583. The molecule has 0 aromatic carbocycles. The van der Waals surface area contributed by atoms with Gasteiger partial charge >= 0.3 is 15.6 Å². The molecule has 2 heterocycles. The van der Waals surface area contributed by atoms with Gasteiger partial charge in [0.2, 0.25) is 0 Å². The van der Waals surface area contributed by atoms with Gasteiger partial charge in [0.15, 0.2) is 0 Å². The third kappa shape index (κ3) is 8.01. The first-order valence-corrected chi connectivity index (χ1v) is 13.6. The zero-order chi connectivity index (χ0) is 21.7. The Hall–Kier alpha value is 0.220. The lowest BCUT2D eigenvalue weighted by atomic mass is 9.94. The average molecular weight is 456 g/mol. The van der Waals surface area contributed by atoms with Crippen molar-refractivity contribution >= 4 is 15.6 Å². The predicted molar refractivity (Wildman–Crippen MR) is 111 cm³/mol. The third-order valence-corrected chi connectivity index (χ3v) is 8.69. The van der Waals surface area contributed by atoms with Crippen molar-refractivity contribution in [1.29, 1.82) is 0 Å². The van der Waals surface area contributed by atoms with Crippen molar-refractivity contribution < 1.29 is 36.3 Å². The number of rotatable bonds is 12. The zero-order valence-corrected chi connectivity index (χ0v) is 20.4. The highest BCUT2D eigenvalue weighted by molar-refractivity contribution is 7.49. The van der Waals surface area contributed by atoms with Crippen molar-refractivity contribution in [3.8, 4) is 0 Å². The van der Waals surface area contributed by atoms with E-state index in [2.05, 4.69) is 13.8 Å². The number of phosphoric acid groups is 2. The van der Waals surface area contributed by atoms with Crippen LogP contribution in [0.1, 0.15) is 73.6 Å². The lowest BCUT2D eigenvalue weighted by molar-refractivity contribution is 0.112. The molecule has 6 unspecified atom stereocenters. The van der Waals surface area contributed by atoms with E-state index in [-0.39, 0.29) is 18.8 Å². The van der Waals surface area contributed by atoms with Gasteiger partial charge in [0.1, 0.15) is 0 Å². The van der Waals surface area contributed by atoms with E-state index in [0.29, 0.717) is 31.5 Å². The largest absolute Gasteiger partial charge is 0.475 e. The molecule has 0 aliphatic carbocycles. The first-order chi connectivity index (χ1) is 13.5. The Morgan fingerprint density at radius 1 is 1.07 bits per heavy atom. The van der Waals surface area contributed by atoms with Gasteiger partial charge in [0.05, 0.1) is 37.6 Å². The number of hydrogen-bond donors (Lipinski definition) is 0. The van der Waals surface area contributed by atoms with Gasteiger partial charge in [-0.25, -0.2) is 9.13 Å². The molecule has 6 atom stereocenters. The molecule has 2 aliphatic rings. The van der Waals surface area contributed by atoms with Gasteiger partial charge < -0.3 is 0 Å². The van der Waals surface area contributed by atoms with E-state index in [1.54, 1.807) is 0 Å². The molecule has 0 spiro atoms. The summed E-state index contributed by atoms with van der Waals surface area (Å²) in [6.07, 6.45) is 3.68. The summed E-state index contributed by atoms with van der Waals surface area (Å²) in [6.45, 7) is 12.6. The molecule has 8 nitrogen and oxygen atoms in total. The summed E-state index contributed by atoms with van der Waals surface area (Å²) in [5.74, 6) is 0.659. The molecule has 0 N–H and O–H groups in total. The minimum atomic E-state index is -3.47. The summed E-state index contributed by atoms with van der Waals surface area (Å²) < 4.78 is 57.7. The first-order valence-electron chi connectivity index (χ1n) is 10.7. The number of hydrogen-bond acceptors (Lipinski definition) is 8. The van der Waals surface area contributed by atoms with E-state index in [1.807, 2.05) is 27.7 Å². The molecule has 0 aromatic heterocycles. The van der Waals surface area contributed by atoms with Crippen LogP contribution in [0, 0.1) is 11.8 Å². The lowest BCUT2D eigenvalue weighted by Crippen LogP contribution is -2.21.